The molecule has 0 aromatic rings. The molecule has 2 rings (SSSR count). The van der Waals surface area contributed by atoms with Gasteiger partial charge in [0.2, 0.25) is 11.8 Å². The van der Waals surface area contributed by atoms with Gasteiger partial charge >= 0.3 is 0 Å². The van der Waals surface area contributed by atoms with E-state index in [2.05, 4.69) is 5.10 Å². The number of aliphatic hydroxyl groups excluding tert-OH is 1. The normalized spacial score (nSPS) is 24.5. The Kier molecular flexibility index (Phi) is 3.42. The first-order chi connectivity index (χ1) is 8.11. The maximum Gasteiger partial charge on any atom is 0.243 e. The lowest BCUT2D eigenvalue weighted by Crippen LogP contribution is -2.48. The molecule has 0 aliphatic carbocycles. The quantitative estimate of drug-likeness (QED) is 0.701. The number of hydrazone groups is 1. The van der Waals surface area contributed by atoms with Gasteiger partial charge in [-0.05, 0) is 0 Å². The summed E-state index contributed by atoms with van der Waals surface area (Å²) in [6, 6.07) is 0. The van der Waals surface area contributed by atoms with Gasteiger partial charge in [-0.15, -0.1) is 0 Å². The van der Waals surface area contributed by atoms with Gasteiger partial charge in [0.25, 0.3) is 0 Å². The second kappa shape index (κ2) is 4.83. The van der Waals surface area contributed by atoms with Crippen LogP contribution in [0.1, 0.15) is 19.8 Å². The minimum absolute atomic E-state index is 0.0503. The number of fused-ring (bicyclic) bond motifs is 1. The number of hydrogen-bond acceptors (Lipinski definition) is 4. The number of amides is 2. The Morgan fingerprint density at radius 3 is 3.00 bits per heavy atom. The summed E-state index contributed by atoms with van der Waals surface area (Å²) in [5.74, 6) is 0.0441. The average Bonchev–Trinajstić information content (AvgIpc) is 2.29. The highest BCUT2D eigenvalue weighted by molar-refractivity contribution is 5.96. The topological polar surface area (TPSA) is 73.2 Å². The van der Waals surface area contributed by atoms with E-state index < -0.39 is 0 Å². The second-order valence-corrected chi connectivity index (χ2v) is 4.45. The van der Waals surface area contributed by atoms with Gasteiger partial charge < -0.3 is 10.0 Å². The van der Waals surface area contributed by atoms with E-state index in [1.54, 1.807) is 11.8 Å². The van der Waals surface area contributed by atoms with E-state index in [0.29, 0.717) is 19.5 Å². The number of carbonyl (C=O) groups excluding carboxylic acids is 2. The molecule has 1 unspecified atom stereocenters. The number of hydrogen-bond donors (Lipinski definition) is 1. The predicted octanol–water partition coefficient (Wildman–Crippen LogP) is -0.565. The summed E-state index contributed by atoms with van der Waals surface area (Å²) in [6.45, 7) is 2.99. The van der Waals surface area contributed by atoms with E-state index >= 15 is 0 Å². The Hall–Kier alpha value is -1.43. The lowest BCUT2D eigenvalue weighted by Gasteiger charge is -2.37. The fourth-order valence-corrected chi connectivity index (χ4v) is 2.31. The summed E-state index contributed by atoms with van der Waals surface area (Å²) >= 11 is 0. The van der Waals surface area contributed by atoms with Crippen molar-refractivity contribution in [2.45, 2.75) is 19.8 Å². The van der Waals surface area contributed by atoms with Crippen LogP contribution in [0.3, 0.4) is 0 Å². The van der Waals surface area contributed by atoms with Crippen LogP contribution in [0.25, 0.3) is 0 Å². The maximum absolute atomic E-state index is 11.7. The molecule has 0 saturated carbocycles. The molecule has 2 amide bonds. The first-order valence-corrected chi connectivity index (χ1v) is 5.86. The monoisotopic (exact) mass is 239 g/mol. The third kappa shape index (κ3) is 2.46. The zero-order chi connectivity index (χ0) is 12.4. The molecule has 1 saturated heterocycles. The van der Waals surface area contributed by atoms with E-state index in [1.807, 2.05) is 0 Å². The Bertz CT molecular complexity index is 367. The molecule has 0 aromatic carbocycles. The predicted molar refractivity (Wildman–Crippen MR) is 61.2 cm³/mol. The zero-order valence-electron chi connectivity index (χ0n) is 9.93. The van der Waals surface area contributed by atoms with E-state index in [-0.39, 0.29) is 30.9 Å². The number of rotatable bonds is 2. The van der Waals surface area contributed by atoms with Crippen molar-refractivity contribution < 1.29 is 14.7 Å². The summed E-state index contributed by atoms with van der Waals surface area (Å²) in [6.07, 6.45) is 1.11. The van der Waals surface area contributed by atoms with Crippen molar-refractivity contribution in [1.82, 2.24) is 9.91 Å². The van der Waals surface area contributed by atoms with E-state index in [4.69, 9.17) is 5.11 Å². The van der Waals surface area contributed by atoms with Gasteiger partial charge in [0.05, 0.1) is 13.2 Å². The molecule has 2 aliphatic rings. The molecule has 1 atom stereocenters. The van der Waals surface area contributed by atoms with Crippen molar-refractivity contribution in [2.24, 2.45) is 11.0 Å². The number of carbonyl (C=O) groups is 2. The highest BCUT2D eigenvalue weighted by Gasteiger charge is 2.34. The standard InChI is InChI=1S/C11H17N3O3/c1-8(16)13-3-2-10-9(7-13)6-11(17)14(12-10)4-5-15/h9,15H,2-7H2,1H3. The van der Waals surface area contributed by atoms with Gasteiger partial charge in [-0.3, -0.25) is 9.59 Å². The number of piperidine rings is 1. The van der Waals surface area contributed by atoms with E-state index in [0.717, 1.165) is 12.1 Å². The summed E-state index contributed by atoms with van der Waals surface area (Å²) in [7, 11) is 0. The van der Waals surface area contributed by atoms with Crippen LogP contribution in [0.2, 0.25) is 0 Å². The molecule has 6 heteroatoms. The van der Waals surface area contributed by atoms with Crippen molar-refractivity contribution in [2.75, 3.05) is 26.2 Å². The summed E-state index contributed by atoms with van der Waals surface area (Å²) in [5, 5.41) is 14.4. The molecule has 0 radical (unpaired) electrons. The van der Waals surface area contributed by atoms with Crippen LogP contribution in [0.15, 0.2) is 5.10 Å². The molecule has 6 nitrogen and oxygen atoms in total. The number of likely N-dealkylation sites (tertiary alicyclic amines) is 1. The van der Waals surface area contributed by atoms with Gasteiger partial charge in [-0.1, -0.05) is 0 Å². The first kappa shape index (κ1) is 12.0. The lowest BCUT2D eigenvalue weighted by molar-refractivity contribution is -0.135. The second-order valence-electron chi connectivity index (χ2n) is 4.45. The summed E-state index contributed by atoms with van der Waals surface area (Å²) in [4.78, 5) is 24.8. The van der Waals surface area contributed by atoms with Crippen LogP contribution >= 0.6 is 0 Å². The lowest BCUT2D eigenvalue weighted by atomic mass is 9.91. The summed E-state index contributed by atoms with van der Waals surface area (Å²) < 4.78 is 0. The third-order valence-electron chi connectivity index (χ3n) is 3.27. The Morgan fingerprint density at radius 1 is 1.59 bits per heavy atom. The van der Waals surface area contributed by atoms with Crippen molar-refractivity contribution in [3.8, 4) is 0 Å². The molecule has 94 valence electrons. The molecule has 0 spiro atoms. The van der Waals surface area contributed by atoms with Crippen LogP contribution in [0, 0.1) is 5.92 Å². The zero-order valence-corrected chi connectivity index (χ0v) is 9.93. The molecule has 1 N–H and O–H groups in total. The Morgan fingerprint density at radius 2 is 2.35 bits per heavy atom. The van der Waals surface area contributed by atoms with Crippen molar-refractivity contribution in [3.05, 3.63) is 0 Å². The highest BCUT2D eigenvalue weighted by atomic mass is 16.3. The minimum atomic E-state index is -0.0766. The largest absolute Gasteiger partial charge is 0.394 e. The number of aliphatic hydroxyl groups is 1. The van der Waals surface area contributed by atoms with Gasteiger partial charge in [-0.2, -0.15) is 5.10 Å². The third-order valence-corrected chi connectivity index (χ3v) is 3.27. The number of β-amino-alcohol motifs (C(OH)–C–C–N with tert-alkyl or cyclic N) is 1. The molecule has 1 fully saturated rings. The van der Waals surface area contributed by atoms with Crippen molar-refractivity contribution >= 4 is 17.5 Å². The summed E-state index contributed by atoms with van der Waals surface area (Å²) in [5.41, 5.74) is 0.982. The highest BCUT2D eigenvalue weighted by Crippen LogP contribution is 2.23. The van der Waals surface area contributed by atoms with Gasteiger partial charge in [0.15, 0.2) is 0 Å². The van der Waals surface area contributed by atoms with Gasteiger partial charge in [0.1, 0.15) is 0 Å². The van der Waals surface area contributed by atoms with Gasteiger partial charge in [0, 0.05) is 44.5 Å². The molecule has 2 aliphatic heterocycles. The Labute approximate surface area is 99.9 Å². The molecular weight excluding hydrogens is 222 g/mol. The molecular formula is C11H17N3O3. The molecule has 0 aromatic heterocycles. The van der Waals surface area contributed by atoms with Crippen molar-refractivity contribution in [3.63, 3.8) is 0 Å². The maximum atomic E-state index is 11.7. The van der Waals surface area contributed by atoms with E-state index in [1.165, 1.54) is 5.01 Å². The van der Waals surface area contributed by atoms with Crippen LogP contribution < -0.4 is 0 Å². The number of nitrogens with zero attached hydrogens (tertiary/aromatic N) is 3. The van der Waals surface area contributed by atoms with Crippen LogP contribution in [0.4, 0.5) is 0 Å². The molecule has 0 bridgehead atoms. The van der Waals surface area contributed by atoms with Crippen LogP contribution in [-0.2, 0) is 9.59 Å². The van der Waals surface area contributed by atoms with Crippen LogP contribution in [-0.4, -0.2) is 58.8 Å². The smallest absolute Gasteiger partial charge is 0.243 e. The fourth-order valence-electron chi connectivity index (χ4n) is 2.31. The van der Waals surface area contributed by atoms with Gasteiger partial charge in [-0.25, -0.2) is 5.01 Å². The fraction of sp³-hybridized carbons (Fsp3) is 0.727. The Balaban J connectivity index is 2.09. The SMILES string of the molecule is CC(=O)N1CCC2=NN(CCO)C(=O)CC2C1. The molecule has 17 heavy (non-hydrogen) atoms. The average molecular weight is 239 g/mol. The van der Waals surface area contributed by atoms with Crippen molar-refractivity contribution in [1.29, 1.82) is 0 Å². The minimum Gasteiger partial charge on any atom is -0.394 e. The molecule has 2 heterocycles. The van der Waals surface area contributed by atoms with E-state index in [9.17, 15) is 9.59 Å². The first-order valence-electron chi connectivity index (χ1n) is 5.86. The van der Waals surface area contributed by atoms with Crippen LogP contribution in [0.5, 0.6) is 0 Å².